The second kappa shape index (κ2) is 6.46. The Labute approximate surface area is 78.6 Å². The van der Waals surface area contributed by atoms with Gasteiger partial charge in [-0.05, 0) is 26.7 Å². The van der Waals surface area contributed by atoms with Gasteiger partial charge in [0.1, 0.15) is 6.10 Å². The molecule has 0 saturated carbocycles. The van der Waals surface area contributed by atoms with Gasteiger partial charge < -0.3 is 9.94 Å². The predicted molar refractivity (Wildman–Crippen MR) is 50.8 cm³/mol. The Morgan fingerprint density at radius 1 is 1.54 bits per heavy atom. The number of hydrogen-bond donors (Lipinski definition) is 1. The van der Waals surface area contributed by atoms with Gasteiger partial charge in [-0.2, -0.15) is 0 Å². The van der Waals surface area contributed by atoms with E-state index in [4.69, 9.17) is 9.94 Å². The molecule has 0 amide bonds. The van der Waals surface area contributed by atoms with Crippen molar-refractivity contribution < 1.29 is 14.7 Å². The minimum atomic E-state index is -0.807. The van der Waals surface area contributed by atoms with Gasteiger partial charge in [-0.25, -0.2) is 0 Å². The van der Waals surface area contributed by atoms with Crippen LogP contribution in [0.5, 0.6) is 0 Å². The predicted octanol–water partition coefficient (Wildman–Crippen LogP) is 2.04. The largest absolute Gasteiger partial charge is 0.481 e. The highest BCUT2D eigenvalue weighted by Gasteiger charge is 2.01. The molecule has 0 bridgehead atoms. The van der Waals surface area contributed by atoms with Gasteiger partial charge in [0.2, 0.25) is 0 Å². The third-order valence-electron chi connectivity index (χ3n) is 1.66. The lowest BCUT2D eigenvalue weighted by Crippen LogP contribution is -2.05. The van der Waals surface area contributed by atoms with Crippen LogP contribution in [-0.2, 0) is 9.63 Å². The Kier molecular flexibility index (Phi) is 5.93. The molecule has 0 spiro atoms. The standard InChI is InChI=1S/C9H17NO3/c1-4-8(3)13-10-7(2)5-6-9(11)12/h8H,4-6H2,1-3H3,(H,11,12). The molecule has 0 aromatic carbocycles. The molecule has 0 aromatic heterocycles. The van der Waals surface area contributed by atoms with Crippen LogP contribution < -0.4 is 0 Å². The van der Waals surface area contributed by atoms with E-state index in [0.717, 1.165) is 12.1 Å². The van der Waals surface area contributed by atoms with Gasteiger partial charge in [0.25, 0.3) is 0 Å². The van der Waals surface area contributed by atoms with Gasteiger partial charge >= 0.3 is 5.97 Å². The Bertz CT molecular complexity index is 189. The summed E-state index contributed by atoms with van der Waals surface area (Å²) >= 11 is 0. The molecule has 0 heterocycles. The molecular formula is C9H17NO3. The maximum Gasteiger partial charge on any atom is 0.303 e. The number of oxime groups is 1. The summed E-state index contributed by atoms with van der Waals surface area (Å²) in [6.07, 6.45) is 1.56. The first kappa shape index (κ1) is 11.9. The maximum absolute atomic E-state index is 10.2. The molecule has 0 aliphatic carbocycles. The molecule has 4 nitrogen and oxygen atoms in total. The van der Waals surface area contributed by atoms with Crippen LogP contribution in [0.3, 0.4) is 0 Å². The molecule has 0 aliphatic rings. The van der Waals surface area contributed by atoms with E-state index in [0.29, 0.717) is 6.42 Å². The van der Waals surface area contributed by atoms with E-state index in [1.807, 2.05) is 13.8 Å². The minimum absolute atomic E-state index is 0.0970. The van der Waals surface area contributed by atoms with Crippen LogP contribution in [-0.4, -0.2) is 22.9 Å². The van der Waals surface area contributed by atoms with E-state index in [1.165, 1.54) is 0 Å². The number of nitrogens with zero attached hydrogens (tertiary/aromatic N) is 1. The molecule has 1 unspecified atom stereocenters. The molecular weight excluding hydrogens is 170 g/mol. The molecule has 4 heteroatoms. The monoisotopic (exact) mass is 187 g/mol. The quantitative estimate of drug-likeness (QED) is 0.511. The van der Waals surface area contributed by atoms with Crippen molar-refractivity contribution in [2.24, 2.45) is 5.16 Å². The van der Waals surface area contributed by atoms with E-state index in [9.17, 15) is 4.79 Å². The topological polar surface area (TPSA) is 58.9 Å². The van der Waals surface area contributed by atoms with Crippen molar-refractivity contribution in [2.45, 2.75) is 46.1 Å². The molecule has 0 aromatic rings. The second-order valence-corrected chi connectivity index (χ2v) is 3.04. The number of aliphatic carboxylic acids is 1. The highest BCUT2D eigenvalue weighted by atomic mass is 16.6. The van der Waals surface area contributed by atoms with Crippen LogP contribution in [0, 0.1) is 0 Å². The second-order valence-electron chi connectivity index (χ2n) is 3.04. The van der Waals surface area contributed by atoms with Gasteiger partial charge in [0.05, 0.1) is 12.1 Å². The summed E-state index contributed by atoms with van der Waals surface area (Å²) in [4.78, 5) is 15.3. The molecule has 0 rings (SSSR count). The first-order chi connectivity index (χ1) is 6.06. The third kappa shape index (κ3) is 7.31. The molecule has 13 heavy (non-hydrogen) atoms. The van der Waals surface area contributed by atoms with Crippen LogP contribution in [0.15, 0.2) is 5.16 Å². The zero-order valence-corrected chi connectivity index (χ0v) is 8.41. The van der Waals surface area contributed by atoms with Gasteiger partial charge in [-0.1, -0.05) is 12.1 Å². The van der Waals surface area contributed by atoms with Crippen LogP contribution in [0.4, 0.5) is 0 Å². The van der Waals surface area contributed by atoms with Crippen molar-refractivity contribution in [3.8, 4) is 0 Å². The fraction of sp³-hybridized carbons (Fsp3) is 0.778. The molecule has 0 radical (unpaired) electrons. The summed E-state index contributed by atoms with van der Waals surface area (Å²) < 4.78 is 0. The van der Waals surface area contributed by atoms with Crippen LogP contribution in [0.1, 0.15) is 40.0 Å². The van der Waals surface area contributed by atoms with Crippen LogP contribution >= 0.6 is 0 Å². The Morgan fingerprint density at radius 2 is 2.15 bits per heavy atom. The normalized spacial score (nSPS) is 13.9. The van der Waals surface area contributed by atoms with Gasteiger partial charge in [0.15, 0.2) is 0 Å². The van der Waals surface area contributed by atoms with E-state index in [1.54, 1.807) is 6.92 Å². The number of rotatable bonds is 6. The fourth-order valence-corrected chi connectivity index (χ4v) is 0.588. The van der Waals surface area contributed by atoms with Crippen molar-refractivity contribution in [1.82, 2.24) is 0 Å². The van der Waals surface area contributed by atoms with Crippen LogP contribution in [0.2, 0.25) is 0 Å². The fourth-order valence-electron chi connectivity index (χ4n) is 0.588. The van der Waals surface area contributed by atoms with E-state index in [2.05, 4.69) is 5.16 Å². The molecule has 76 valence electrons. The van der Waals surface area contributed by atoms with Crippen LogP contribution in [0.25, 0.3) is 0 Å². The van der Waals surface area contributed by atoms with Gasteiger partial charge in [-0.15, -0.1) is 0 Å². The number of carbonyl (C=O) groups is 1. The Balaban J connectivity index is 3.68. The zero-order chi connectivity index (χ0) is 10.3. The number of carboxylic acids is 1. The van der Waals surface area contributed by atoms with E-state index >= 15 is 0 Å². The average molecular weight is 187 g/mol. The molecule has 0 fully saturated rings. The van der Waals surface area contributed by atoms with Gasteiger partial charge in [0, 0.05) is 0 Å². The zero-order valence-electron chi connectivity index (χ0n) is 8.41. The van der Waals surface area contributed by atoms with Crippen molar-refractivity contribution >= 4 is 11.7 Å². The lowest BCUT2D eigenvalue weighted by atomic mass is 10.2. The summed E-state index contributed by atoms with van der Waals surface area (Å²) in [7, 11) is 0. The molecule has 1 N–H and O–H groups in total. The number of carboxylic acid groups (broad SMARTS) is 1. The molecule has 0 saturated heterocycles. The van der Waals surface area contributed by atoms with Crippen molar-refractivity contribution in [3.63, 3.8) is 0 Å². The first-order valence-corrected chi connectivity index (χ1v) is 4.47. The molecule has 0 aliphatic heterocycles. The Hall–Kier alpha value is -1.06. The van der Waals surface area contributed by atoms with Gasteiger partial charge in [-0.3, -0.25) is 4.79 Å². The smallest absolute Gasteiger partial charge is 0.303 e. The van der Waals surface area contributed by atoms with E-state index < -0.39 is 5.97 Å². The lowest BCUT2D eigenvalue weighted by molar-refractivity contribution is -0.136. The number of hydrogen-bond acceptors (Lipinski definition) is 3. The van der Waals surface area contributed by atoms with Crippen molar-refractivity contribution in [2.75, 3.05) is 0 Å². The summed E-state index contributed by atoms with van der Waals surface area (Å²) in [6.45, 7) is 5.70. The summed E-state index contributed by atoms with van der Waals surface area (Å²) in [5, 5.41) is 12.2. The highest BCUT2D eigenvalue weighted by molar-refractivity contribution is 5.84. The highest BCUT2D eigenvalue weighted by Crippen LogP contribution is 1.99. The first-order valence-electron chi connectivity index (χ1n) is 4.47. The summed E-state index contributed by atoms with van der Waals surface area (Å²) in [6, 6.07) is 0. The van der Waals surface area contributed by atoms with Crippen molar-refractivity contribution in [1.29, 1.82) is 0 Å². The molecule has 1 atom stereocenters. The SMILES string of the molecule is CCC(C)ON=C(C)CCC(=O)O. The third-order valence-corrected chi connectivity index (χ3v) is 1.66. The minimum Gasteiger partial charge on any atom is -0.481 e. The average Bonchev–Trinajstić information content (AvgIpc) is 2.10. The Morgan fingerprint density at radius 3 is 2.62 bits per heavy atom. The summed E-state index contributed by atoms with van der Waals surface area (Å²) in [5.41, 5.74) is 0.725. The maximum atomic E-state index is 10.2. The summed E-state index contributed by atoms with van der Waals surface area (Å²) in [5.74, 6) is -0.807. The van der Waals surface area contributed by atoms with E-state index in [-0.39, 0.29) is 12.5 Å². The van der Waals surface area contributed by atoms with Crippen molar-refractivity contribution in [3.05, 3.63) is 0 Å². The lowest BCUT2D eigenvalue weighted by Gasteiger charge is -2.06.